The van der Waals surface area contributed by atoms with Crippen molar-refractivity contribution in [2.45, 2.75) is 50.7 Å². The van der Waals surface area contributed by atoms with Crippen LogP contribution in [0.3, 0.4) is 0 Å². The maximum absolute atomic E-state index is 12.3. The van der Waals surface area contributed by atoms with Crippen molar-refractivity contribution in [1.29, 1.82) is 0 Å². The summed E-state index contributed by atoms with van der Waals surface area (Å²) in [5.74, 6) is -0.347. The molecule has 3 rings (SSSR count). The third-order valence-electron chi connectivity index (χ3n) is 5.54. The SMILES string of the molecule is O=C(CCc1cccnc1)N[C@H]1C[C@H](C(=O)NCCN2CCCC2)C[C@@H]1O. The summed E-state index contributed by atoms with van der Waals surface area (Å²) in [5, 5.41) is 16.1. The summed E-state index contributed by atoms with van der Waals surface area (Å²) in [7, 11) is 0. The quantitative estimate of drug-likeness (QED) is 0.615. The molecule has 1 saturated heterocycles. The van der Waals surface area contributed by atoms with E-state index >= 15 is 0 Å². The molecule has 0 bridgehead atoms. The number of carbonyl (C=O) groups excluding carboxylic acids is 2. The largest absolute Gasteiger partial charge is 0.391 e. The van der Waals surface area contributed by atoms with Crippen molar-refractivity contribution < 1.29 is 14.7 Å². The van der Waals surface area contributed by atoms with E-state index in [1.54, 1.807) is 12.4 Å². The molecule has 148 valence electrons. The Balaban J connectivity index is 1.36. The third kappa shape index (κ3) is 6.01. The summed E-state index contributed by atoms with van der Waals surface area (Å²) in [6, 6.07) is 3.44. The van der Waals surface area contributed by atoms with E-state index < -0.39 is 6.10 Å². The van der Waals surface area contributed by atoms with Gasteiger partial charge in [-0.25, -0.2) is 0 Å². The number of aliphatic hydroxyl groups is 1. The first-order valence-corrected chi connectivity index (χ1v) is 9.98. The molecule has 7 nitrogen and oxygen atoms in total. The number of likely N-dealkylation sites (tertiary alicyclic amines) is 1. The van der Waals surface area contributed by atoms with Crippen LogP contribution in [0.25, 0.3) is 0 Å². The lowest BCUT2D eigenvalue weighted by Crippen LogP contribution is -2.40. The Bertz CT molecular complexity index is 619. The minimum Gasteiger partial charge on any atom is -0.391 e. The van der Waals surface area contributed by atoms with Crippen LogP contribution in [0.5, 0.6) is 0 Å². The van der Waals surface area contributed by atoms with Gasteiger partial charge in [0.25, 0.3) is 0 Å². The van der Waals surface area contributed by atoms with Crippen LogP contribution >= 0.6 is 0 Å². The summed E-state index contributed by atoms with van der Waals surface area (Å²) in [5.41, 5.74) is 1.01. The number of aryl methyl sites for hydroxylation is 1. The van der Waals surface area contributed by atoms with Gasteiger partial charge in [0, 0.05) is 37.8 Å². The average molecular weight is 374 g/mol. The van der Waals surface area contributed by atoms with Gasteiger partial charge in [0.05, 0.1) is 12.1 Å². The van der Waals surface area contributed by atoms with E-state index in [4.69, 9.17) is 0 Å². The molecule has 1 aliphatic carbocycles. The third-order valence-corrected chi connectivity index (χ3v) is 5.54. The second kappa shape index (κ2) is 9.80. The first kappa shape index (κ1) is 19.8. The number of rotatable bonds is 8. The Morgan fingerprint density at radius 3 is 2.81 bits per heavy atom. The molecule has 3 N–H and O–H groups in total. The molecule has 2 fully saturated rings. The fourth-order valence-corrected chi connectivity index (χ4v) is 3.96. The number of hydrogen-bond acceptors (Lipinski definition) is 5. The first-order chi connectivity index (χ1) is 13.1. The highest BCUT2D eigenvalue weighted by Crippen LogP contribution is 2.26. The van der Waals surface area contributed by atoms with Crippen LogP contribution in [-0.4, -0.2) is 65.1 Å². The van der Waals surface area contributed by atoms with E-state index in [1.165, 1.54) is 12.8 Å². The molecule has 3 atom stereocenters. The Labute approximate surface area is 160 Å². The van der Waals surface area contributed by atoms with Crippen molar-refractivity contribution >= 4 is 11.8 Å². The fourth-order valence-electron chi connectivity index (χ4n) is 3.96. The molecule has 0 aromatic carbocycles. The average Bonchev–Trinajstić information content (AvgIpc) is 3.31. The van der Waals surface area contributed by atoms with E-state index in [-0.39, 0.29) is 23.8 Å². The van der Waals surface area contributed by atoms with Crippen LogP contribution in [0.4, 0.5) is 0 Å². The van der Waals surface area contributed by atoms with Crippen molar-refractivity contribution in [3.63, 3.8) is 0 Å². The van der Waals surface area contributed by atoms with Crippen molar-refractivity contribution in [1.82, 2.24) is 20.5 Å². The van der Waals surface area contributed by atoms with Crippen molar-refractivity contribution in [3.05, 3.63) is 30.1 Å². The lowest BCUT2D eigenvalue weighted by Gasteiger charge is -2.17. The van der Waals surface area contributed by atoms with Gasteiger partial charge in [-0.05, 0) is 56.8 Å². The van der Waals surface area contributed by atoms with Crippen LogP contribution < -0.4 is 10.6 Å². The van der Waals surface area contributed by atoms with Gasteiger partial charge in [0.2, 0.25) is 11.8 Å². The van der Waals surface area contributed by atoms with E-state index in [1.807, 2.05) is 12.1 Å². The lowest BCUT2D eigenvalue weighted by atomic mass is 10.1. The van der Waals surface area contributed by atoms with Crippen LogP contribution in [0.15, 0.2) is 24.5 Å². The second-order valence-corrected chi connectivity index (χ2v) is 7.61. The first-order valence-electron chi connectivity index (χ1n) is 9.98. The zero-order valence-electron chi connectivity index (χ0n) is 15.8. The molecular formula is C20H30N4O3. The molecule has 1 saturated carbocycles. The van der Waals surface area contributed by atoms with E-state index in [0.717, 1.165) is 25.2 Å². The number of aliphatic hydroxyl groups excluding tert-OH is 1. The van der Waals surface area contributed by atoms with Gasteiger partial charge >= 0.3 is 0 Å². The number of nitrogens with zero attached hydrogens (tertiary/aromatic N) is 2. The number of amides is 2. The standard InChI is InChI=1S/C20H30N4O3/c25-18-13-16(20(27)22-8-11-24-9-1-2-10-24)12-17(18)23-19(26)6-5-15-4-3-7-21-14-15/h3-4,7,14,16-18,25H,1-2,5-6,8-13H2,(H,22,27)(H,23,26)/t16-,17-,18-/m0/s1. The highest BCUT2D eigenvalue weighted by atomic mass is 16.3. The zero-order chi connectivity index (χ0) is 19.1. The molecule has 7 heteroatoms. The highest BCUT2D eigenvalue weighted by molar-refractivity contribution is 5.80. The Morgan fingerprint density at radius 1 is 1.26 bits per heavy atom. The van der Waals surface area contributed by atoms with Gasteiger partial charge in [-0.2, -0.15) is 0 Å². The summed E-state index contributed by atoms with van der Waals surface area (Å²) >= 11 is 0. The van der Waals surface area contributed by atoms with Crippen LogP contribution in [-0.2, 0) is 16.0 Å². The Kier molecular flexibility index (Phi) is 7.18. The minimum absolute atomic E-state index is 0.0136. The van der Waals surface area contributed by atoms with E-state index in [9.17, 15) is 14.7 Å². The summed E-state index contributed by atoms with van der Waals surface area (Å²) in [6.45, 7) is 3.76. The number of aromatic nitrogens is 1. The zero-order valence-corrected chi connectivity index (χ0v) is 15.8. The predicted molar refractivity (Wildman–Crippen MR) is 102 cm³/mol. The molecule has 1 aromatic heterocycles. The van der Waals surface area contributed by atoms with Crippen LogP contribution in [0.1, 0.15) is 37.7 Å². The second-order valence-electron chi connectivity index (χ2n) is 7.61. The molecule has 2 heterocycles. The number of nitrogens with one attached hydrogen (secondary N) is 2. The molecule has 2 amide bonds. The van der Waals surface area contributed by atoms with Crippen LogP contribution in [0.2, 0.25) is 0 Å². The molecule has 0 radical (unpaired) electrons. The van der Waals surface area contributed by atoms with Gasteiger partial charge in [-0.1, -0.05) is 6.07 Å². The maximum Gasteiger partial charge on any atom is 0.223 e. The number of pyridine rings is 1. The molecule has 2 aliphatic rings. The topological polar surface area (TPSA) is 94.6 Å². The maximum atomic E-state index is 12.3. The Morgan fingerprint density at radius 2 is 2.07 bits per heavy atom. The van der Waals surface area contributed by atoms with Gasteiger partial charge < -0.3 is 20.6 Å². The van der Waals surface area contributed by atoms with E-state index in [0.29, 0.717) is 32.2 Å². The summed E-state index contributed by atoms with van der Waals surface area (Å²) in [6.07, 6.45) is 7.13. The summed E-state index contributed by atoms with van der Waals surface area (Å²) in [4.78, 5) is 30.9. The fraction of sp³-hybridized carbons (Fsp3) is 0.650. The highest BCUT2D eigenvalue weighted by Gasteiger charge is 2.37. The monoisotopic (exact) mass is 374 g/mol. The lowest BCUT2D eigenvalue weighted by molar-refractivity contribution is -0.125. The Hall–Kier alpha value is -1.99. The van der Waals surface area contributed by atoms with Gasteiger partial charge in [-0.15, -0.1) is 0 Å². The molecule has 0 unspecified atom stereocenters. The van der Waals surface area contributed by atoms with Gasteiger partial charge in [0.1, 0.15) is 0 Å². The van der Waals surface area contributed by atoms with Crippen molar-refractivity contribution in [3.8, 4) is 0 Å². The van der Waals surface area contributed by atoms with Gasteiger partial charge in [0.15, 0.2) is 0 Å². The molecule has 1 aromatic rings. The number of carbonyl (C=O) groups is 2. The van der Waals surface area contributed by atoms with Gasteiger partial charge in [-0.3, -0.25) is 14.6 Å². The molecule has 1 aliphatic heterocycles. The summed E-state index contributed by atoms with van der Waals surface area (Å²) < 4.78 is 0. The van der Waals surface area contributed by atoms with E-state index in [2.05, 4.69) is 20.5 Å². The minimum atomic E-state index is -0.665. The molecular weight excluding hydrogens is 344 g/mol. The molecule has 27 heavy (non-hydrogen) atoms. The smallest absolute Gasteiger partial charge is 0.223 e. The molecule has 0 spiro atoms. The van der Waals surface area contributed by atoms with Crippen molar-refractivity contribution in [2.24, 2.45) is 5.92 Å². The predicted octanol–water partition coefficient (Wildman–Crippen LogP) is 0.482. The normalized spacial score (nSPS) is 25.4. The number of hydrogen-bond donors (Lipinski definition) is 3. The van der Waals surface area contributed by atoms with Crippen molar-refractivity contribution in [2.75, 3.05) is 26.2 Å². The van der Waals surface area contributed by atoms with Crippen LogP contribution in [0, 0.1) is 5.92 Å².